The molecule has 90 valence electrons. The number of halogens is 1. The maximum absolute atomic E-state index is 6.20. The Morgan fingerprint density at radius 1 is 1.50 bits per heavy atom. The Balaban J connectivity index is 2.92. The van der Waals surface area contributed by atoms with Crippen LogP contribution in [0.25, 0.3) is 0 Å². The van der Waals surface area contributed by atoms with E-state index in [9.17, 15) is 0 Å². The Labute approximate surface area is 102 Å². The zero-order chi connectivity index (χ0) is 12.1. The van der Waals surface area contributed by atoms with Crippen molar-refractivity contribution in [3.63, 3.8) is 0 Å². The van der Waals surface area contributed by atoms with Crippen LogP contribution in [0.3, 0.4) is 0 Å². The SMILES string of the molecule is CNC(CC(C)N)c1ccc(OC)cc1Cl. The van der Waals surface area contributed by atoms with Gasteiger partial charge in [-0.3, -0.25) is 0 Å². The molecule has 1 rings (SSSR count). The fourth-order valence-corrected chi connectivity index (χ4v) is 1.99. The van der Waals surface area contributed by atoms with Crippen molar-refractivity contribution in [2.45, 2.75) is 25.4 Å². The Hall–Kier alpha value is -0.770. The number of nitrogens with two attached hydrogens (primary N) is 1. The van der Waals surface area contributed by atoms with Crippen LogP contribution in [-0.2, 0) is 0 Å². The van der Waals surface area contributed by atoms with E-state index in [4.69, 9.17) is 22.1 Å². The van der Waals surface area contributed by atoms with Gasteiger partial charge in [0.2, 0.25) is 0 Å². The lowest BCUT2D eigenvalue weighted by molar-refractivity contribution is 0.414. The van der Waals surface area contributed by atoms with Crippen molar-refractivity contribution >= 4 is 11.6 Å². The van der Waals surface area contributed by atoms with Crippen LogP contribution in [0.4, 0.5) is 0 Å². The number of rotatable bonds is 5. The van der Waals surface area contributed by atoms with Crippen molar-refractivity contribution in [3.05, 3.63) is 28.8 Å². The Kier molecular flexibility index (Phi) is 5.06. The molecule has 0 amide bonds. The summed E-state index contributed by atoms with van der Waals surface area (Å²) >= 11 is 6.20. The number of hydrogen-bond donors (Lipinski definition) is 2. The molecule has 1 aromatic carbocycles. The topological polar surface area (TPSA) is 47.3 Å². The van der Waals surface area contributed by atoms with Crippen LogP contribution in [0.15, 0.2) is 18.2 Å². The zero-order valence-corrected chi connectivity index (χ0v) is 10.7. The molecule has 1 aromatic rings. The van der Waals surface area contributed by atoms with E-state index >= 15 is 0 Å². The standard InChI is InChI=1S/C12H19ClN2O/c1-8(14)6-12(15-2)10-5-4-9(16-3)7-11(10)13/h4-5,7-8,12,15H,6,14H2,1-3H3. The highest BCUT2D eigenvalue weighted by Crippen LogP contribution is 2.29. The summed E-state index contributed by atoms with van der Waals surface area (Å²) in [5, 5.41) is 3.93. The minimum absolute atomic E-state index is 0.135. The van der Waals surface area contributed by atoms with Gasteiger partial charge in [0.05, 0.1) is 7.11 Å². The molecule has 2 atom stereocenters. The second-order valence-corrected chi connectivity index (χ2v) is 4.35. The molecule has 3 N–H and O–H groups in total. The molecule has 0 heterocycles. The summed E-state index contributed by atoms with van der Waals surface area (Å²) in [6.07, 6.45) is 0.850. The summed E-state index contributed by atoms with van der Waals surface area (Å²) in [6.45, 7) is 1.99. The number of ether oxygens (including phenoxy) is 1. The van der Waals surface area contributed by atoms with E-state index in [1.807, 2.05) is 32.2 Å². The van der Waals surface area contributed by atoms with E-state index in [2.05, 4.69) is 5.32 Å². The van der Waals surface area contributed by atoms with Crippen molar-refractivity contribution in [3.8, 4) is 5.75 Å². The molecule has 0 fully saturated rings. The van der Waals surface area contributed by atoms with Crippen LogP contribution >= 0.6 is 11.6 Å². The van der Waals surface area contributed by atoms with Crippen molar-refractivity contribution in [1.29, 1.82) is 0 Å². The van der Waals surface area contributed by atoms with Gasteiger partial charge < -0.3 is 15.8 Å². The third-order valence-corrected chi connectivity index (χ3v) is 2.87. The number of methoxy groups -OCH3 is 1. The minimum atomic E-state index is 0.135. The summed E-state index contributed by atoms with van der Waals surface area (Å²) < 4.78 is 5.11. The summed E-state index contributed by atoms with van der Waals surface area (Å²) in [4.78, 5) is 0. The van der Waals surface area contributed by atoms with Gasteiger partial charge in [-0.2, -0.15) is 0 Å². The Morgan fingerprint density at radius 3 is 2.62 bits per heavy atom. The van der Waals surface area contributed by atoms with Gasteiger partial charge in [0.25, 0.3) is 0 Å². The molecule has 0 spiro atoms. The van der Waals surface area contributed by atoms with Gasteiger partial charge in [0.1, 0.15) is 5.75 Å². The fourth-order valence-electron chi connectivity index (χ4n) is 1.69. The molecule has 16 heavy (non-hydrogen) atoms. The number of benzene rings is 1. The zero-order valence-electron chi connectivity index (χ0n) is 9.96. The van der Waals surface area contributed by atoms with Gasteiger partial charge in [-0.1, -0.05) is 17.7 Å². The highest BCUT2D eigenvalue weighted by atomic mass is 35.5. The smallest absolute Gasteiger partial charge is 0.120 e. The van der Waals surface area contributed by atoms with Crippen LogP contribution in [0.5, 0.6) is 5.75 Å². The summed E-state index contributed by atoms with van der Waals surface area (Å²) in [6, 6.07) is 6.02. The van der Waals surface area contributed by atoms with E-state index in [1.165, 1.54) is 0 Å². The lowest BCUT2D eigenvalue weighted by Gasteiger charge is -2.20. The minimum Gasteiger partial charge on any atom is -0.497 e. The maximum Gasteiger partial charge on any atom is 0.120 e. The fraction of sp³-hybridized carbons (Fsp3) is 0.500. The summed E-state index contributed by atoms with van der Waals surface area (Å²) in [5.74, 6) is 0.768. The average molecular weight is 243 g/mol. The van der Waals surface area contributed by atoms with E-state index in [0.29, 0.717) is 5.02 Å². The first-order valence-electron chi connectivity index (χ1n) is 5.34. The van der Waals surface area contributed by atoms with Crippen LogP contribution in [0.2, 0.25) is 5.02 Å². The predicted octanol–water partition coefficient (Wildman–Crippen LogP) is 2.35. The molecule has 4 heteroatoms. The van der Waals surface area contributed by atoms with Crippen molar-refractivity contribution in [2.24, 2.45) is 5.73 Å². The van der Waals surface area contributed by atoms with E-state index < -0.39 is 0 Å². The first kappa shape index (κ1) is 13.3. The lowest BCUT2D eigenvalue weighted by Crippen LogP contribution is -2.25. The normalized spacial score (nSPS) is 14.6. The molecule has 0 saturated carbocycles. The monoisotopic (exact) mass is 242 g/mol. The second kappa shape index (κ2) is 6.09. The summed E-state index contributed by atoms with van der Waals surface area (Å²) in [7, 11) is 3.54. The molecule has 0 saturated heterocycles. The molecule has 0 bridgehead atoms. The van der Waals surface area contributed by atoms with Crippen LogP contribution in [-0.4, -0.2) is 20.2 Å². The van der Waals surface area contributed by atoms with Crippen LogP contribution < -0.4 is 15.8 Å². The molecule has 0 aliphatic rings. The van der Waals surface area contributed by atoms with E-state index in [-0.39, 0.29) is 12.1 Å². The molecule has 0 aromatic heterocycles. The molecular formula is C12H19ClN2O. The highest BCUT2D eigenvalue weighted by Gasteiger charge is 2.14. The van der Waals surface area contributed by atoms with Crippen molar-refractivity contribution in [2.75, 3.05) is 14.2 Å². The maximum atomic E-state index is 6.20. The average Bonchev–Trinajstić information content (AvgIpc) is 2.25. The Bertz CT molecular complexity index is 342. The third kappa shape index (κ3) is 3.37. The number of nitrogens with one attached hydrogen (secondary N) is 1. The first-order chi connectivity index (χ1) is 7.58. The van der Waals surface area contributed by atoms with Gasteiger partial charge in [0, 0.05) is 17.1 Å². The highest BCUT2D eigenvalue weighted by molar-refractivity contribution is 6.31. The van der Waals surface area contributed by atoms with E-state index in [1.54, 1.807) is 7.11 Å². The second-order valence-electron chi connectivity index (χ2n) is 3.94. The molecule has 0 aliphatic carbocycles. The first-order valence-corrected chi connectivity index (χ1v) is 5.72. The lowest BCUT2D eigenvalue weighted by atomic mass is 10.0. The Morgan fingerprint density at radius 2 is 2.19 bits per heavy atom. The van der Waals surface area contributed by atoms with Gasteiger partial charge >= 0.3 is 0 Å². The number of hydrogen-bond acceptors (Lipinski definition) is 3. The van der Waals surface area contributed by atoms with Crippen molar-refractivity contribution in [1.82, 2.24) is 5.32 Å². The molecule has 2 unspecified atom stereocenters. The quantitative estimate of drug-likeness (QED) is 0.833. The molecule has 3 nitrogen and oxygen atoms in total. The van der Waals surface area contributed by atoms with Gasteiger partial charge in [0.15, 0.2) is 0 Å². The van der Waals surface area contributed by atoms with Crippen LogP contribution in [0.1, 0.15) is 24.9 Å². The van der Waals surface area contributed by atoms with Crippen molar-refractivity contribution < 1.29 is 4.74 Å². The third-order valence-electron chi connectivity index (χ3n) is 2.54. The summed E-state index contributed by atoms with van der Waals surface area (Å²) in [5.41, 5.74) is 6.86. The predicted molar refractivity (Wildman–Crippen MR) is 68.1 cm³/mol. The van der Waals surface area contributed by atoms with Crippen LogP contribution in [0, 0.1) is 0 Å². The van der Waals surface area contributed by atoms with Gasteiger partial charge in [-0.05, 0) is 38.1 Å². The van der Waals surface area contributed by atoms with Gasteiger partial charge in [-0.15, -0.1) is 0 Å². The van der Waals surface area contributed by atoms with E-state index in [0.717, 1.165) is 17.7 Å². The van der Waals surface area contributed by atoms with Gasteiger partial charge in [-0.25, -0.2) is 0 Å². The molecular weight excluding hydrogens is 224 g/mol. The molecule has 0 radical (unpaired) electrons. The molecule has 0 aliphatic heterocycles. The largest absolute Gasteiger partial charge is 0.497 e.